The minimum absolute atomic E-state index is 0.163. The molecule has 0 atom stereocenters. The van der Waals surface area contributed by atoms with Crippen LogP contribution >= 0.6 is 0 Å². The maximum atomic E-state index is 5.82. The summed E-state index contributed by atoms with van der Waals surface area (Å²) in [6.45, 7) is 16.7. The van der Waals surface area contributed by atoms with E-state index in [2.05, 4.69) is 64.6 Å². The van der Waals surface area contributed by atoms with E-state index in [1.807, 2.05) is 14.1 Å². The van der Waals surface area contributed by atoms with Gasteiger partial charge in [-0.15, -0.1) is 0 Å². The number of nitrogens with zero attached hydrogens (tertiary/aromatic N) is 1. The monoisotopic (exact) mass is 335 g/mol. The van der Waals surface area contributed by atoms with Gasteiger partial charge in [-0.1, -0.05) is 40.7 Å². The Morgan fingerprint density at radius 3 is 2.17 bits per heavy atom. The van der Waals surface area contributed by atoms with E-state index in [0.717, 1.165) is 25.3 Å². The molecule has 1 aromatic carbocycles. The number of rotatable bonds is 9. The molecule has 0 heterocycles. The lowest BCUT2D eigenvalue weighted by Crippen LogP contribution is -2.25. The molecular formula is C21H37NO2. The van der Waals surface area contributed by atoms with Crippen molar-refractivity contribution in [3.63, 3.8) is 0 Å². The minimum Gasteiger partial charge on any atom is -0.491 e. The van der Waals surface area contributed by atoms with Gasteiger partial charge in [0.05, 0.1) is 13.2 Å². The van der Waals surface area contributed by atoms with Gasteiger partial charge in [0.2, 0.25) is 0 Å². The van der Waals surface area contributed by atoms with E-state index in [1.165, 1.54) is 11.1 Å². The fourth-order valence-electron chi connectivity index (χ4n) is 3.47. The summed E-state index contributed by atoms with van der Waals surface area (Å²) >= 11 is 0. The van der Waals surface area contributed by atoms with Crippen molar-refractivity contribution in [3.05, 3.63) is 29.3 Å². The summed E-state index contributed by atoms with van der Waals surface area (Å²) in [4.78, 5) is 2.11. The highest BCUT2D eigenvalue weighted by Crippen LogP contribution is 2.38. The first-order valence-electron chi connectivity index (χ1n) is 8.98. The van der Waals surface area contributed by atoms with Gasteiger partial charge >= 0.3 is 0 Å². The Kier molecular flexibility index (Phi) is 7.75. The molecule has 1 rings (SSSR count). The quantitative estimate of drug-likeness (QED) is 0.612. The van der Waals surface area contributed by atoms with Crippen LogP contribution in [0.1, 0.15) is 52.2 Å². The predicted molar refractivity (Wildman–Crippen MR) is 103 cm³/mol. The number of likely N-dealkylation sites (N-methyl/N-ethyl adjacent to an activating group) is 1. The summed E-state index contributed by atoms with van der Waals surface area (Å²) in [5.74, 6) is 0.930. The van der Waals surface area contributed by atoms with Gasteiger partial charge in [-0.05, 0) is 61.5 Å². The Labute approximate surface area is 149 Å². The van der Waals surface area contributed by atoms with Crippen molar-refractivity contribution in [2.75, 3.05) is 40.5 Å². The third-order valence-corrected chi connectivity index (χ3v) is 4.08. The second kappa shape index (κ2) is 8.87. The third kappa shape index (κ3) is 7.67. The zero-order valence-corrected chi connectivity index (χ0v) is 17.0. The van der Waals surface area contributed by atoms with Crippen LogP contribution < -0.4 is 4.74 Å². The van der Waals surface area contributed by atoms with Gasteiger partial charge in [-0.3, -0.25) is 0 Å². The summed E-state index contributed by atoms with van der Waals surface area (Å²) in [7, 11) is 4.09. The Hall–Kier alpha value is -1.06. The molecule has 0 aliphatic carbocycles. The van der Waals surface area contributed by atoms with Crippen molar-refractivity contribution in [3.8, 4) is 5.75 Å². The number of aryl methyl sites for hydroxylation is 1. The molecule has 24 heavy (non-hydrogen) atoms. The van der Waals surface area contributed by atoms with Crippen molar-refractivity contribution in [2.24, 2.45) is 5.41 Å². The molecule has 0 saturated carbocycles. The largest absolute Gasteiger partial charge is 0.491 e. The second-order valence-corrected chi connectivity index (χ2v) is 8.86. The first kappa shape index (κ1) is 21.0. The number of ether oxygens (including phenoxy) is 2. The van der Waals surface area contributed by atoms with Crippen molar-refractivity contribution in [2.45, 2.75) is 53.4 Å². The third-order valence-electron chi connectivity index (χ3n) is 4.08. The highest BCUT2D eigenvalue weighted by Gasteiger charge is 2.28. The van der Waals surface area contributed by atoms with Crippen LogP contribution in [-0.2, 0) is 10.2 Å². The van der Waals surface area contributed by atoms with E-state index in [9.17, 15) is 0 Å². The van der Waals surface area contributed by atoms with Gasteiger partial charge in [0.15, 0.2) is 0 Å². The van der Waals surface area contributed by atoms with Crippen molar-refractivity contribution < 1.29 is 9.47 Å². The molecule has 0 spiro atoms. The Bertz CT molecular complexity index is 501. The SMILES string of the molecule is Cc1cc(OCCOCCN(C)C)ccc1C(C)(C)CC(C)(C)C. The lowest BCUT2D eigenvalue weighted by atomic mass is 9.71. The molecule has 0 amide bonds. The second-order valence-electron chi connectivity index (χ2n) is 8.86. The van der Waals surface area contributed by atoms with Crippen molar-refractivity contribution in [1.29, 1.82) is 0 Å². The van der Waals surface area contributed by atoms with E-state index in [1.54, 1.807) is 0 Å². The topological polar surface area (TPSA) is 21.7 Å². The van der Waals surface area contributed by atoms with Crippen LogP contribution in [0.15, 0.2) is 18.2 Å². The fourth-order valence-corrected chi connectivity index (χ4v) is 3.47. The molecule has 0 radical (unpaired) electrons. The van der Waals surface area contributed by atoms with Crippen LogP contribution in [0.25, 0.3) is 0 Å². The molecular weight excluding hydrogens is 298 g/mol. The van der Waals surface area contributed by atoms with E-state index in [-0.39, 0.29) is 5.41 Å². The molecule has 138 valence electrons. The average Bonchev–Trinajstić information content (AvgIpc) is 2.39. The Balaban J connectivity index is 2.55. The number of benzene rings is 1. The molecule has 0 aliphatic heterocycles. The van der Waals surface area contributed by atoms with E-state index in [0.29, 0.717) is 18.6 Å². The summed E-state index contributed by atoms with van der Waals surface area (Å²) in [6.07, 6.45) is 1.15. The van der Waals surface area contributed by atoms with Crippen LogP contribution in [-0.4, -0.2) is 45.4 Å². The maximum absolute atomic E-state index is 5.82. The molecule has 0 aromatic heterocycles. The van der Waals surface area contributed by atoms with Gasteiger partial charge in [0.1, 0.15) is 12.4 Å². The predicted octanol–water partition coefficient (Wildman–Crippen LogP) is 4.67. The first-order valence-corrected chi connectivity index (χ1v) is 8.98. The van der Waals surface area contributed by atoms with Gasteiger partial charge < -0.3 is 14.4 Å². The van der Waals surface area contributed by atoms with Gasteiger partial charge in [0, 0.05) is 6.54 Å². The molecule has 0 fully saturated rings. The Morgan fingerprint density at radius 1 is 0.958 bits per heavy atom. The highest BCUT2D eigenvalue weighted by atomic mass is 16.5. The van der Waals surface area contributed by atoms with E-state index in [4.69, 9.17) is 9.47 Å². The summed E-state index contributed by atoms with van der Waals surface area (Å²) in [6, 6.07) is 6.47. The number of hydrogen-bond donors (Lipinski definition) is 0. The highest BCUT2D eigenvalue weighted by molar-refractivity contribution is 5.39. The maximum Gasteiger partial charge on any atom is 0.119 e. The molecule has 3 heteroatoms. The normalized spacial score (nSPS) is 12.7. The zero-order valence-electron chi connectivity index (χ0n) is 17.0. The van der Waals surface area contributed by atoms with Gasteiger partial charge in [-0.2, -0.15) is 0 Å². The smallest absolute Gasteiger partial charge is 0.119 e. The number of hydrogen-bond acceptors (Lipinski definition) is 3. The van der Waals surface area contributed by atoms with E-state index >= 15 is 0 Å². The molecule has 1 aromatic rings. The van der Waals surface area contributed by atoms with Gasteiger partial charge in [-0.25, -0.2) is 0 Å². The fraction of sp³-hybridized carbons (Fsp3) is 0.714. The molecule has 0 N–H and O–H groups in total. The molecule has 0 unspecified atom stereocenters. The summed E-state index contributed by atoms with van der Waals surface area (Å²) in [5, 5.41) is 0. The molecule has 0 saturated heterocycles. The molecule has 0 bridgehead atoms. The van der Waals surface area contributed by atoms with Crippen LogP contribution in [0.2, 0.25) is 0 Å². The minimum atomic E-state index is 0.163. The first-order chi connectivity index (χ1) is 11.0. The van der Waals surface area contributed by atoms with Crippen molar-refractivity contribution in [1.82, 2.24) is 4.90 Å². The standard InChI is InChI=1S/C21H37NO2/c1-17-15-18(24-14-13-23-12-11-22(7)8)9-10-19(17)21(5,6)16-20(2,3)4/h9-10,15H,11-14,16H2,1-8H3. The van der Waals surface area contributed by atoms with Crippen LogP contribution in [0.5, 0.6) is 5.75 Å². The van der Waals surface area contributed by atoms with Gasteiger partial charge in [0.25, 0.3) is 0 Å². The van der Waals surface area contributed by atoms with Crippen LogP contribution in [0.4, 0.5) is 0 Å². The molecule has 0 aliphatic rings. The van der Waals surface area contributed by atoms with Crippen LogP contribution in [0.3, 0.4) is 0 Å². The lowest BCUT2D eigenvalue weighted by molar-refractivity contribution is 0.0889. The van der Waals surface area contributed by atoms with Crippen LogP contribution in [0, 0.1) is 12.3 Å². The zero-order chi connectivity index (χ0) is 18.4. The summed E-state index contributed by atoms with van der Waals surface area (Å²) in [5.41, 5.74) is 3.19. The Morgan fingerprint density at radius 2 is 1.62 bits per heavy atom. The van der Waals surface area contributed by atoms with Crippen molar-refractivity contribution >= 4 is 0 Å². The molecule has 3 nitrogen and oxygen atoms in total. The van der Waals surface area contributed by atoms with E-state index < -0.39 is 0 Å². The lowest BCUT2D eigenvalue weighted by Gasteiger charge is -2.34. The summed E-state index contributed by atoms with van der Waals surface area (Å²) < 4.78 is 11.4. The average molecular weight is 336 g/mol.